The first-order valence-electron chi connectivity index (χ1n) is 9.43. The van der Waals surface area contributed by atoms with Gasteiger partial charge in [0.2, 0.25) is 11.8 Å². The molecule has 7 nitrogen and oxygen atoms in total. The van der Waals surface area contributed by atoms with Crippen LogP contribution < -0.4 is 20.2 Å². The molecule has 2 N–H and O–H groups in total. The molecule has 0 heterocycles. The fraction of sp³-hybridized carbons (Fsp3) is 0.286. The molecule has 0 radical (unpaired) electrons. The minimum absolute atomic E-state index is 0.00213. The number of alkyl halides is 3. The van der Waals surface area contributed by atoms with E-state index in [1.165, 1.54) is 25.5 Å². The molecule has 0 saturated carbocycles. The first-order valence-corrected chi connectivity index (χ1v) is 10.5. The number of methoxy groups -OCH3 is 1. The molecule has 0 bridgehead atoms. The van der Waals surface area contributed by atoms with E-state index in [1.807, 2.05) is 6.92 Å². The summed E-state index contributed by atoms with van der Waals surface area (Å²) in [5, 5.41) is 6.20. The van der Waals surface area contributed by atoms with Gasteiger partial charge < -0.3 is 14.8 Å². The van der Waals surface area contributed by atoms with Gasteiger partial charge in [0, 0.05) is 18.5 Å². The highest BCUT2D eigenvalue weighted by Gasteiger charge is 2.30. The highest BCUT2D eigenvalue weighted by atomic mass is 127. The third-order valence-corrected chi connectivity index (χ3v) is 4.80. The summed E-state index contributed by atoms with van der Waals surface area (Å²) in [5.41, 5.74) is 2.10. The van der Waals surface area contributed by atoms with Crippen LogP contribution in [0, 0.1) is 3.57 Å². The van der Waals surface area contributed by atoms with Gasteiger partial charge in [-0.3, -0.25) is 9.59 Å². The number of halogens is 4. The van der Waals surface area contributed by atoms with Gasteiger partial charge in [-0.1, -0.05) is 6.07 Å². The number of ether oxygens (including phenoxy) is 2. The molecule has 11 heteroatoms. The zero-order chi connectivity index (χ0) is 23.7. The summed E-state index contributed by atoms with van der Waals surface area (Å²) >= 11 is 2.10. The molecule has 0 aliphatic carbocycles. The molecule has 0 atom stereocenters. The third kappa shape index (κ3) is 7.70. The molecule has 172 valence electrons. The zero-order valence-electron chi connectivity index (χ0n) is 17.3. The molecule has 2 aromatic carbocycles. The van der Waals surface area contributed by atoms with E-state index in [2.05, 4.69) is 38.4 Å². The van der Waals surface area contributed by atoms with Crippen molar-refractivity contribution in [2.45, 2.75) is 25.9 Å². The predicted octanol–water partition coefficient (Wildman–Crippen LogP) is 4.59. The van der Waals surface area contributed by atoms with E-state index in [1.54, 1.807) is 12.1 Å². The molecule has 2 aromatic rings. The van der Waals surface area contributed by atoms with E-state index < -0.39 is 23.6 Å². The van der Waals surface area contributed by atoms with Gasteiger partial charge in [0.25, 0.3) is 0 Å². The van der Waals surface area contributed by atoms with Crippen LogP contribution in [0.2, 0.25) is 0 Å². The van der Waals surface area contributed by atoms with Gasteiger partial charge in [-0.15, -0.1) is 0 Å². The second-order valence-corrected chi connectivity index (χ2v) is 7.55. The quantitative estimate of drug-likeness (QED) is 0.266. The van der Waals surface area contributed by atoms with Crippen molar-refractivity contribution in [1.29, 1.82) is 0 Å². The molecule has 2 rings (SSSR count). The van der Waals surface area contributed by atoms with Crippen LogP contribution >= 0.6 is 22.6 Å². The Kier molecular flexibility index (Phi) is 9.29. The molecule has 32 heavy (non-hydrogen) atoms. The Bertz CT molecular complexity index is 997. The molecule has 0 spiro atoms. The fourth-order valence-corrected chi connectivity index (χ4v) is 3.34. The molecule has 0 unspecified atom stereocenters. The van der Waals surface area contributed by atoms with E-state index >= 15 is 0 Å². The lowest BCUT2D eigenvalue weighted by atomic mass is 10.2. The van der Waals surface area contributed by atoms with Gasteiger partial charge in [-0.05, 0) is 65.4 Å². The highest BCUT2D eigenvalue weighted by molar-refractivity contribution is 14.1. The Morgan fingerprint density at radius 3 is 2.53 bits per heavy atom. The Morgan fingerprint density at radius 2 is 1.88 bits per heavy atom. The monoisotopic (exact) mass is 563 g/mol. The smallest absolute Gasteiger partial charge is 0.416 e. The number of anilines is 1. The second kappa shape index (κ2) is 11.7. The first kappa shape index (κ1) is 25.4. The standard InChI is InChI=1S/C21H21F3IN3O4/c1-3-32-20-16(25)9-13(10-17(20)31-2)12-26-28-19(30)8-7-18(29)27-15-6-4-5-14(11-15)21(22,23)24/h4-6,9-12H,3,7-8H2,1-2H3,(H,27,29)(H,28,30). The number of benzene rings is 2. The van der Waals surface area contributed by atoms with E-state index in [0.717, 1.165) is 15.7 Å². The molecular formula is C21H21F3IN3O4. The maximum atomic E-state index is 12.7. The second-order valence-electron chi connectivity index (χ2n) is 6.39. The van der Waals surface area contributed by atoms with Crippen LogP contribution in [-0.4, -0.2) is 31.7 Å². The lowest BCUT2D eigenvalue weighted by Gasteiger charge is -2.12. The molecule has 2 amide bonds. The Morgan fingerprint density at radius 1 is 1.16 bits per heavy atom. The molecular weight excluding hydrogens is 542 g/mol. The summed E-state index contributed by atoms with van der Waals surface area (Å²) in [6.45, 7) is 2.34. The van der Waals surface area contributed by atoms with E-state index in [0.29, 0.717) is 23.7 Å². The maximum absolute atomic E-state index is 12.7. The third-order valence-electron chi connectivity index (χ3n) is 4.00. The van der Waals surface area contributed by atoms with Crippen LogP contribution in [0.1, 0.15) is 30.9 Å². The average Bonchev–Trinajstić information content (AvgIpc) is 2.73. The Labute approximate surface area is 196 Å². The predicted molar refractivity (Wildman–Crippen MR) is 122 cm³/mol. The van der Waals surface area contributed by atoms with E-state index in [-0.39, 0.29) is 18.5 Å². The van der Waals surface area contributed by atoms with Crippen molar-refractivity contribution in [3.05, 3.63) is 51.1 Å². The van der Waals surface area contributed by atoms with E-state index in [4.69, 9.17) is 9.47 Å². The highest BCUT2D eigenvalue weighted by Crippen LogP contribution is 2.33. The van der Waals surface area contributed by atoms with Gasteiger partial charge in [-0.25, -0.2) is 5.43 Å². The van der Waals surface area contributed by atoms with Crippen LogP contribution in [0.15, 0.2) is 41.5 Å². The van der Waals surface area contributed by atoms with Crippen molar-refractivity contribution in [2.75, 3.05) is 19.0 Å². The van der Waals surface area contributed by atoms with Crippen LogP contribution in [0.3, 0.4) is 0 Å². The topological polar surface area (TPSA) is 89.0 Å². The van der Waals surface area contributed by atoms with Crippen molar-refractivity contribution in [3.8, 4) is 11.5 Å². The van der Waals surface area contributed by atoms with Crippen molar-refractivity contribution >= 4 is 46.3 Å². The number of amides is 2. The SMILES string of the molecule is CCOc1c(I)cc(C=NNC(=O)CCC(=O)Nc2cccc(C(F)(F)F)c2)cc1OC. The summed E-state index contributed by atoms with van der Waals surface area (Å²) in [6.07, 6.45) is -3.50. The maximum Gasteiger partial charge on any atom is 0.416 e. The summed E-state index contributed by atoms with van der Waals surface area (Å²) < 4.78 is 49.8. The molecule has 0 aromatic heterocycles. The average molecular weight is 563 g/mol. The summed E-state index contributed by atoms with van der Waals surface area (Å²) in [7, 11) is 1.51. The summed E-state index contributed by atoms with van der Waals surface area (Å²) in [4.78, 5) is 23.8. The van der Waals surface area contributed by atoms with Gasteiger partial charge in [0.1, 0.15) is 0 Å². The van der Waals surface area contributed by atoms with Crippen molar-refractivity contribution in [3.63, 3.8) is 0 Å². The zero-order valence-corrected chi connectivity index (χ0v) is 19.4. The van der Waals surface area contributed by atoms with Crippen LogP contribution in [0.5, 0.6) is 11.5 Å². The van der Waals surface area contributed by atoms with Gasteiger partial charge in [0.05, 0.1) is 29.1 Å². The molecule has 0 aliphatic heterocycles. The molecule has 0 fully saturated rings. The number of carbonyl (C=O) groups is 2. The van der Waals surface area contributed by atoms with Crippen LogP contribution in [0.4, 0.5) is 18.9 Å². The number of nitrogens with one attached hydrogen (secondary N) is 2. The van der Waals surface area contributed by atoms with Crippen LogP contribution in [-0.2, 0) is 15.8 Å². The minimum Gasteiger partial charge on any atom is -0.493 e. The van der Waals surface area contributed by atoms with E-state index in [9.17, 15) is 22.8 Å². The van der Waals surface area contributed by atoms with Gasteiger partial charge in [0.15, 0.2) is 11.5 Å². The number of nitrogens with zero attached hydrogens (tertiary/aromatic N) is 1. The Balaban J connectivity index is 1.86. The lowest BCUT2D eigenvalue weighted by molar-refractivity contribution is -0.137. The number of rotatable bonds is 9. The van der Waals surface area contributed by atoms with Gasteiger partial charge in [-0.2, -0.15) is 18.3 Å². The minimum atomic E-state index is -4.51. The first-order chi connectivity index (χ1) is 15.1. The molecule has 0 saturated heterocycles. The molecule has 0 aliphatic rings. The van der Waals surface area contributed by atoms with Crippen LogP contribution in [0.25, 0.3) is 0 Å². The lowest BCUT2D eigenvalue weighted by Crippen LogP contribution is -2.20. The van der Waals surface area contributed by atoms with Crippen molar-refractivity contribution < 1.29 is 32.2 Å². The summed E-state index contributed by atoms with van der Waals surface area (Å²) in [6, 6.07) is 7.76. The largest absolute Gasteiger partial charge is 0.493 e. The normalized spacial score (nSPS) is 11.3. The number of carbonyl (C=O) groups excluding carboxylic acids is 2. The number of hydrazone groups is 1. The number of hydrogen-bond acceptors (Lipinski definition) is 5. The summed E-state index contributed by atoms with van der Waals surface area (Å²) in [5.74, 6) is 0.0312. The van der Waals surface area contributed by atoms with Crippen molar-refractivity contribution in [2.24, 2.45) is 5.10 Å². The fourth-order valence-electron chi connectivity index (χ4n) is 2.56. The number of hydrogen-bond donors (Lipinski definition) is 2. The van der Waals surface area contributed by atoms with Crippen molar-refractivity contribution in [1.82, 2.24) is 5.43 Å². The van der Waals surface area contributed by atoms with Gasteiger partial charge >= 0.3 is 6.18 Å². The Hall–Kier alpha value is -2.83.